The number of aromatic nitrogens is 4. The second-order valence-corrected chi connectivity index (χ2v) is 5.02. The van der Waals surface area contributed by atoms with E-state index in [4.69, 9.17) is 0 Å². The summed E-state index contributed by atoms with van der Waals surface area (Å²) in [7, 11) is 0. The number of nitrogens with one attached hydrogen (secondary N) is 1. The molecule has 3 rings (SSSR count). The first kappa shape index (κ1) is 14.8. The summed E-state index contributed by atoms with van der Waals surface area (Å²) >= 11 is 0. The average molecular weight is 311 g/mol. The molecule has 2 aromatic heterocycles. The summed E-state index contributed by atoms with van der Waals surface area (Å²) in [4.78, 5) is 24.7. The maximum Gasteiger partial charge on any atom is 0.255 e. The number of halogens is 1. The molecule has 3 aromatic rings. The van der Waals surface area contributed by atoms with Crippen molar-refractivity contribution in [3.05, 3.63) is 65.8 Å². The van der Waals surface area contributed by atoms with Crippen molar-refractivity contribution in [3.8, 4) is 5.95 Å². The summed E-state index contributed by atoms with van der Waals surface area (Å²) in [6, 6.07) is 5.30. The molecule has 6 nitrogen and oxygen atoms in total. The largest absolute Gasteiger partial charge is 0.319 e. The monoisotopic (exact) mass is 311 g/mol. The fourth-order valence-electron chi connectivity index (χ4n) is 2.02. The molecule has 0 fully saturated rings. The predicted molar refractivity (Wildman–Crippen MR) is 83.0 cm³/mol. The molecule has 0 aliphatic heterocycles. The van der Waals surface area contributed by atoms with Gasteiger partial charge in [0.2, 0.25) is 5.95 Å². The number of carbonyl (C=O) groups excluding carboxylic acids is 1. The van der Waals surface area contributed by atoms with E-state index in [0.717, 1.165) is 11.4 Å². The van der Waals surface area contributed by atoms with Crippen molar-refractivity contribution in [3.63, 3.8) is 0 Å². The Morgan fingerprint density at radius 2 is 1.74 bits per heavy atom. The molecule has 1 amide bonds. The lowest BCUT2D eigenvalue weighted by Crippen LogP contribution is -2.13. The van der Waals surface area contributed by atoms with Gasteiger partial charge in [-0.3, -0.25) is 9.36 Å². The highest BCUT2D eigenvalue weighted by molar-refractivity contribution is 6.04. The van der Waals surface area contributed by atoms with Gasteiger partial charge < -0.3 is 5.32 Å². The topological polar surface area (TPSA) is 72.7 Å². The molecule has 0 unspecified atom stereocenters. The number of carbonyl (C=O) groups is 1. The molecule has 0 radical (unpaired) electrons. The van der Waals surface area contributed by atoms with Crippen LogP contribution in [0.4, 0.5) is 10.1 Å². The van der Waals surface area contributed by atoms with E-state index in [9.17, 15) is 9.18 Å². The van der Waals surface area contributed by atoms with Crippen LogP contribution in [0.1, 0.15) is 21.7 Å². The first-order valence-electron chi connectivity index (χ1n) is 6.94. The highest BCUT2D eigenvalue weighted by Gasteiger charge is 2.09. The summed E-state index contributed by atoms with van der Waals surface area (Å²) in [5.74, 6) is -0.265. The summed E-state index contributed by atoms with van der Waals surface area (Å²) in [6.45, 7) is 3.83. The van der Waals surface area contributed by atoms with Crippen molar-refractivity contribution in [1.29, 1.82) is 0 Å². The standard InChI is InChI=1S/C16H14FN5O/c1-10-11(2)22(9-20-10)16-18-7-14(8-19-16)21-15(23)12-3-5-13(17)6-4-12/h3-9H,1-2H3,(H,21,23). The molecule has 1 N–H and O–H groups in total. The number of rotatable bonds is 3. The van der Waals surface area contributed by atoms with E-state index in [0.29, 0.717) is 17.2 Å². The van der Waals surface area contributed by atoms with Gasteiger partial charge in [0.15, 0.2) is 0 Å². The summed E-state index contributed by atoms with van der Waals surface area (Å²) < 4.78 is 14.6. The van der Waals surface area contributed by atoms with E-state index in [1.54, 1.807) is 10.9 Å². The molecule has 0 saturated carbocycles. The third-order valence-electron chi connectivity index (χ3n) is 3.47. The first-order chi connectivity index (χ1) is 11.0. The predicted octanol–water partition coefficient (Wildman–Crippen LogP) is 2.67. The highest BCUT2D eigenvalue weighted by atomic mass is 19.1. The number of anilines is 1. The number of aryl methyl sites for hydroxylation is 1. The van der Waals surface area contributed by atoms with Crippen molar-refractivity contribution in [2.75, 3.05) is 5.32 Å². The minimum Gasteiger partial charge on any atom is -0.319 e. The minimum atomic E-state index is -0.389. The van der Waals surface area contributed by atoms with E-state index in [-0.39, 0.29) is 11.7 Å². The van der Waals surface area contributed by atoms with Crippen LogP contribution in [-0.4, -0.2) is 25.4 Å². The lowest BCUT2D eigenvalue weighted by atomic mass is 10.2. The Hall–Kier alpha value is -3.09. The highest BCUT2D eigenvalue weighted by Crippen LogP contribution is 2.12. The van der Waals surface area contributed by atoms with Gasteiger partial charge in [-0.2, -0.15) is 0 Å². The Balaban J connectivity index is 1.76. The van der Waals surface area contributed by atoms with Crippen molar-refractivity contribution in [1.82, 2.24) is 19.5 Å². The fourth-order valence-corrected chi connectivity index (χ4v) is 2.02. The average Bonchev–Trinajstić information content (AvgIpc) is 2.88. The van der Waals surface area contributed by atoms with Gasteiger partial charge in [-0.1, -0.05) is 0 Å². The minimum absolute atomic E-state index is 0.351. The summed E-state index contributed by atoms with van der Waals surface area (Å²) in [5, 5.41) is 2.66. The van der Waals surface area contributed by atoms with E-state index < -0.39 is 0 Å². The molecular formula is C16H14FN5O. The molecule has 7 heteroatoms. The quantitative estimate of drug-likeness (QED) is 0.807. The van der Waals surface area contributed by atoms with Gasteiger partial charge >= 0.3 is 0 Å². The Morgan fingerprint density at radius 3 is 2.30 bits per heavy atom. The maximum atomic E-state index is 12.9. The Labute approximate surface area is 132 Å². The van der Waals surface area contributed by atoms with E-state index >= 15 is 0 Å². The van der Waals surface area contributed by atoms with Gasteiger partial charge in [0.05, 0.1) is 23.8 Å². The van der Waals surface area contributed by atoms with E-state index in [1.165, 1.54) is 36.7 Å². The van der Waals surface area contributed by atoms with Crippen LogP contribution in [0.5, 0.6) is 0 Å². The van der Waals surface area contributed by atoms with Crippen molar-refractivity contribution in [2.24, 2.45) is 0 Å². The Morgan fingerprint density at radius 1 is 1.09 bits per heavy atom. The molecule has 23 heavy (non-hydrogen) atoms. The zero-order chi connectivity index (χ0) is 16.4. The van der Waals surface area contributed by atoms with Gasteiger partial charge in [-0.05, 0) is 38.1 Å². The molecule has 116 valence electrons. The normalized spacial score (nSPS) is 10.6. The smallest absolute Gasteiger partial charge is 0.255 e. The van der Waals surface area contributed by atoms with Crippen molar-refractivity contribution in [2.45, 2.75) is 13.8 Å². The van der Waals surface area contributed by atoms with Crippen molar-refractivity contribution >= 4 is 11.6 Å². The summed E-state index contributed by atoms with van der Waals surface area (Å²) in [5.41, 5.74) is 2.67. The van der Waals surface area contributed by atoms with E-state index in [1.807, 2.05) is 13.8 Å². The van der Waals surface area contributed by atoms with Gasteiger partial charge in [0.25, 0.3) is 5.91 Å². The number of benzene rings is 1. The van der Waals surface area contributed by atoms with Gasteiger partial charge in [0.1, 0.15) is 12.1 Å². The number of hydrogen-bond donors (Lipinski definition) is 1. The lowest BCUT2D eigenvalue weighted by molar-refractivity contribution is 0.102. The van der Waals surface area contributed by atoms with Crippen LogP contribution in [-0.2, 0) is 0 Å². The Kier molecular flexibility index (Phi) is 3.84. The lowest BCUT2D eigenvalue weighted by Gasteiger charge is -2.07. The molecule has 0 aliphatic carbocycles. The Bertz CT molecular complexity index is 840. The molecular weight excluding hydrogens is 297 g/mol. The number of hydrogen-bond acceptors (Lipinski definition) is 4. The molecule has 1 aromatic carbocycles. The maximum absolute atomic E-state index is 12.9. The third-order valence-corrected chi connectivity index (χ3v) is 3.47. The molecule has 0 spiro atoms. The van der Waals surface area contributed by atoms with Crippen LogP contribution in [0.3, 0.4) is 0 Å². The zero-order valence-electron chi connectivity index (χ0n) is 12.6. The van der Waals surface area contributed by atoms with Crippen LogP contribution in [0.25, 0.3) is 5.95 Å². The fraction of sp³-hybridized carbons (Fsp3) is 0.125. The molecule has 0 aliphatic rings. The van der Waals surface area contributed by atoms with E-state index in [2.05, 4.69) is 20.3 Å². The SMILES string of the molecule is Cc1ncn(-c2ncc(NC(=O)c3ccc(F)cc3)cn2)c1C. The third kappa shape index (κ3) is 3.08. The van der Waals surface area contributed by atoms with Crippen LogP contribution in [0, 0.1) is 19.7 Å². The van der Waals surface area contributed by atoms with Crippen LogP contribution < -0.4 is 5.32 Å². The summed E-state index contributed by atoms with van der Waals surface area (Å²) in [6.07, 6.45) is 4.67. The van der Waals surface area contributed by atoms with Gasteiger partial charge in [-0.25, -0.2) is 19.3 Å². The molecule has 0 bridgehead atoms. The van der Waals surface area contributed by atoms with Crippen LogP contribution in [0.2, 0.25) is 0 Å². The number of imidazole rings is 1. The second-order valence-electron chi connectivity index (χ2n) is 5.02. The second kappa shape index (κ2) is 5.96. The molecule has 0 saturated heterocycles. The van der Waals surface area contributed by atoms with Crippen molar-refractivity contribution < 1.29 is 9.18 Å². The molecule has 2 heterocycles. The van der Waals surface area contributed by atoms with Crippen LogP contribution in [0.15, 0.2) is 43.0 Å². The van der Waals surface area contributed by atoms with Gasteiger partial charge in [-0.15, -0.1) is 0 Å². The number of amides is 1. The zero-order valence-corrected chi connectivity index (χ0v) is 12.6. The number of nitrogens with zero attached hydrogens (tertiary/aromatic N) is 4. The van der Waals surface area contributed by atoms with Gasteiger partial charge in [0, 0.05) is 11.3 Å². The molecule has 0 atom stereocenters. The first-order valence-corrected chi connectivity index (χ1v) is 6.94. The van der Waals surface area contributed by atoms with Crippen LogP contribution >= 0.6 is 0 Å².